The van der Waals surface area contributed by atoms with Gasteiger partial charge in [0.15, 0.2) is 0 Å². The number of aliphatic hydroxyl groups is 1. The van der Waals surface area contributed by atoms with Crippen molar-refractivity contribution in [3.63, 3.8) is 0 Å². The molecule has 0 aliphatic rings. The lowest BCUT2D eigenvalue weighted by Crippen LogP contribution is -2.00. The third-order valence-corrected chi connectivity index (χ3v) is 1.10. The number of hydrogen-bond donors (Lipinski definition) is 2. The zero-order chi connectivity index (χ0) is 8.15. The summed E-state index contributed by atoms with van der Waals surface area (Å²) in [5, 5.41) is 17.1. The van der Waals surface area contributed by atoms with E-state index in [1.165, 1.54) is 13.0 Å². The van der Waals surface area contributed by atoms with E-state index in [4.69, 9.17) is 10.2 Å². The topological polar surface area (TPSA) is 57.5 Å². The minimum atomic E-state index is -0.930. The van der Waals surface area contributed by atoms with Crippen LogP contribution in [0.15, 0.2) is 11.6 Å². The van der Waals surface area contributed by atoms with E-state index in [2.05, 4.69) is 0 Å². The van der Waals surface area contributed by atoms with Crippen molar-refractivity contribution in [1.29, 1.82) is 0 Å². The summed E-state index contributed by atoms with van der Waals surface area (Å²) in [5.41, 5.74) is 0.279. The van der Waals surface area contributed by atoms with Crippen molar-refractivity contribution in [3.05, 3.63) is 11.6 Å². The molecule has 0 aliphatic heterocycles. The Balaban J connectivity index is 0. The molecule has 1 atom stereocenters. The number of aliphatic hydroxyl groups excluding tert-OH is 1. The Morgan fingerprint density at radius 2 is 2.09 bits per heavy atom. The van der Waals surface area contributed by atoms with Gasteiger partial charge in [-0.05, 0) is 20.3 Å². The van der Waals surface area contributed by atoms with Crippen LogP contribution in [0.4, 0.5) is 0 Å². The number of hydrogen-bond acceptors (Lipinski definition) is 2. The second kappa shape index (κ2) is 6.19. The Morgan fingerprint density at radius 3 is 2.36 bits per heavy atom. The molecule has 0 fully saturated rings. The molecular weight excluding hydrogens is 168 g/mol. The molecule has 2 N–H and O–H groups in total. The van der Waals surface area contributed by atoms with Crippen LogP contribution in [0, 0.1) is 0 Å². The van der Waals surface area contributed by atoms with E-state index in [1.54, 1.807) is 6.92 Å². The predicted octanol–water partition coefficient (Wildman–Crippen LogP) is 1.21. The van der Waals surface area contributed by atoms with Gasteiger partial charge in [-0.15, -0.1) is 12.4 Å². The Bertz CT molecular complexity index is 152. The fourth-order valence-electron chi connectivity index (χ4n) is 0.435. The second-order valence-electron chi connectivity index (χ2n) is 2.28. The van der Waals surface area contributed by atoms with Gasteiger partial charge >= 0.3 is 5.97 Å². The molecule has 11 heavy (non-hydrogen) atoms. The van der Waals surface area contributed by atoms with E-state index in [9.17, 15) is 4.79 Å². The smallest absolute Gasteiger partial charge is 0.330 e. The Labute approximate surface area is 72.1 Å². The first-order valence-corrected chi connectivity index (χ1v) is 3.12. The van der Waals surface area contributed by atoms with Crippen molar-refractivity contribution >= 4 is 18.4 Å². The Kier molecular flexibility index (Phi) is 7.36. The van der Waals surface area contributed by atoms with Gasteiger partial charge in [0.05, 0.1) is 6.10 Å². The minimum absolute atomic E-state index is 0. The van der Waals surface area contributed by atoms with E-state index in [0.29, 0.717) is 6.42 Å². The zero-order valence-corrected chi connectivity index (χ0v) is 7.39. The summed E-state index contributed by atoms with van der Waals surface area (Å²) in [6, 6.07) is 0. The van der Waals surface area contributed by atoms with E-state index >= 15 is 0 Å². The average molecular weight is 181 g/mol. The summed E-state index contributed by atoms with van der Waals surface area (Å²) >= 11 is 0. The molecule has 4 heteroatoms. The lowest BCUT2D eigenvalue weighted by atomic mass is 10.2. The Morgan fingerprint density at radius 1 is 1.64 bits per heavy atom. The number of carboxylic acid groups (broad SMARTS) is 1. The molecule has 0 aliphatic carbocycles. The van der Waals surface area contributed by atoms with E-state index in [0.717, 1.165) is 0 Å². The van der Waals surface area contributed by atoms with Gasteiger partial charge in [-0.2, -0.15) is 0 Å². The van der Waals surface area contributed by atoms with Crippen molar-refractivity contribution in [3.8, 4) is 0 Å². The maximum absolute atomic E-state index is 10.2. The van der Waals surface area contributed by atoms with Crippen LogP contribution in [-0.4, -0.2) is 22.3 Å². The normalized spacial score (nSPS) is 13.5. The fraction of sp³-hybridized carbons (Fsp3) is 0.571. The molecule has 0 aromatic heterocycles. The summed E-state index contributed by atoms with van der Waals surface area (Å²) in [6.45, 7) is 3.12. The van der Waals surface area contributed by atoms with Gasteiger partial charge in [-0.1, -0.05) is 6.08 Å². The van der Waals surface area contributed by atoms with Crippen LogP contribution in [-0.2, 0) is 4.79 Å². The van der Waals surface area contributed by atoms with Gasteiger partial charge in [-0.25, -0.2) is 4.79 Å². The van der Waals surface area contributed by atoms with Gasteiger partial charge in [0, 0.05) is 5.57 Å². The van der Waals surface area contributed by atoms with E-state index < -0.39 is 12.1 Å². The molecule has 3 nitrogen and oxygen atoms in total. The number of carbonyl (C=O) groups is 1. The van der Waals surface area contributed by atoms with Crippen LogP contribution in [0.2, 0.25) is 0 Å². The third kappa shape index (κ3) is 7.36. The van der Waals surface area contributed by atoms with Crippen LogP contribution < -0.4 is 0 Å². The number of rotatable bonds is 3. The van der Waals surface area contributed by atoms with Gasteiger partial charge in [-0.3, -0.25) is 0 Å². The zero-order valence-electron chi connectivity index (χ0n) is 6.57. The van der Waals surface area contributed by atoms with Crippen LogP contribution in [0.3, 0.4) is 0 Å². The van der Waals surface area contributed by atoms with Crippen LogP contribution in [0.25, 0.3) is 0 Å². The lowest BCUT2D eigenvalue weighted by molar-refractivity contribution is -0.132. The monoisotopic (exact) mass is 180 g/mol. The van der Waals surface area contributed by atoms with Crippen molar-refractivity contribution in [2.24, 2.45) is 0 Å². The largest absolute Gasteiger partial charge is 0.478 e. The average Bonchev–Trinajstić information content (AvgIpc) is 1.82. The van der Waals surface area contributed by atoms with E-state index in [-0.39, 0.29) is 18.0 Å². The molecule has 0 heterocycles. The van der Waals surface area contributed by atoms with Crippen molar-refractivity contribution in [1.82, 2.24) is 0 Å². The van der Waals surface area contributed by atoms with Crippen molar-refractivity contribution in [2.45, 2.75) is 26.4 Å². The molecule has 0 bridgehead atoms. The summed E-state index contributed by atoms with van der Waals surface area (Å²) in [5.74, 6) is -0.930. The second-order valence-corrected chi connectivity index (χ2v) is 2.28. The molecule has 1 unspecified atom stereocenters. The molecule has 0 saturated heterocycles. The van der Waals surface area contributed by atoms with Gasteiger partial charge in [0.2, 0.25) is 0 Å². The molecular formula is C7H13ClO3. The SMILES string of the molecule is CC(=CCC(C)O)C(=O)O.Cl. The first-order chi connectivity index (χ1) is 4.54. The highest BCUT2D eigenvalue weighted by molar-refractivity contribution is 5.85. The summed E-state index contributed by atoms with van der Waals surface area (Å²) in [6.07, 6.45) is 1.44. The van der Waals surface area contributed by atoms with Crippen molar-refractivity contribution < 1.29 is 15.0 Å². The molecule has 0 spiro atoms. The molecule has 0 amide bonds. The molecule has 0 rings (SSSR count). The van der Waals surface area contributed by atoms with Crippen LogP contribution in [0.5, 0.6) is 0 Å². The summed E-state index contributed by atoms with van der Waals surface area (Å²) in [4.78, 5) is 10.2. The molecule has 0 aromatic rings. The minimum Gasteiger partial charge on any atom is -0.478 e. The van der Waals surface area contributed by atoms with Crippen LogP contribution in [0.1, 0.15) is 20.3 Å². The maximum Gasteiger partial charge on any atom is 0.330 e. The first kappa shape index (κ1) is 13.1. The maximum atomic E-state index is 10.2. The number of aliphatic carboxylic acids is 1. The van der Waals surface area contributed by atoms with Crippen LogP contribution >= 0.6 is 12.4 Å². The van der Waals surface area contributed by atoms with Gasteiger partial charge in [0.25, 0.3) is 0 Å². The quantitative estimate of drug-likeness (QED) is 0.642. The molecule has 0 saturated carbocycles. The first-order valence-electron chi connectivity index (χ1n) is 3.12. The highest BCUT2D eigenvalue weighted by atomic mass is 35.5. The lowest BCUT2D eigenvalue weighted by Gasteiger charge is -1.97. The van der Waals surface area contributed by atoms with Gasteiger partial charge in [0.1, 0.15) is 0 Å². The highest BCUT2D eigenvalue weighted by Crippen LogP contribution is 1.97. The summed E-state index contributed by atoms with van der Waals surface area (Å²) in [7, 11) is 0. The van der Waals surface area contributed by atoms with Gasteiger partial charge < -0.3 is 10.2 Å². The molecule has 0 aromatic carbocycles. The molecule has 0 radical (unpaired) electrons. The number of halogens is 1. The fourth-order valence-corrected chi connectivity index (χ4v) is 0.435. The van der Waals surface area contributed by atoms with Crippen molar-refractivity contribution in [2.75, 3.05) is 0 Å². The predicted molar refractivity (Wildman–Crippen MR) is 44.9 cm³/mol. The third-order valence-electron chi connectivity index (χ3n) is 1.10. The Hall–Kier alpha value is -0.540. The highest BCUT2D eigenvalue weighted by Gasteiger charge is 1.99. The molecule has 66 valence electrons. The summed E-state index contributed by atoms with van der Waals surface area (Å²) < 4.78 is 0. The standard InChI is InChI=1S/C7H12O3.ClH/c1-5(7(9)10)3-4-6(2)8;/h3,6,8H,4H2,1-2H3,(H,9,10);1H. The van der Waals surface area contributed by atoms with E-state index in [1.807, 2.05) is 0 Å². The number of carboxylic acids is 1.